The summed E-state index contributed by atoms with van der Waals surface area (Å²) in [6.45, 7) is 0.816. The van der Waals surface area contributed by atoms with Gasteiger partial charge in [0.2, 0.25) is 11.6 Å². The van der Waals surface area contributed by atoms with E-state index in [9.17, 15) is 10.1 Å². The molecule has 1 heterocycles. The van der Waals surface area contributed by atoms with Crippen LogP contribution in [-0.4, -0.2) is 22.0 Å². The van der Waals surface area contributed by atoms with Crippen LogP contribution in [0.2, 0.25) is 0 Å². The predicted molar refractivity (Wildman–Crippen MR) is 103 cm³/mol. The Morgan fingerprint density at radius 3 is 2.00 bits per heavy atom. The molecule has 0 amide bonds. The van der Waals surface area contributed by atoms with Gasteiger partial charge >= 0.3 is 5.69 Å². The predicted octanol–water partition coefficient (Wildman–Crippen LogP) is 3.62. The van der Waals surface area contributed by atoms with Crippen molar-refractivity contribution < 1.29 is 9.66 Å². The summed E-state index contributed by atoms with van der Waals surface area (Å²) in [4.78, 5) is 19.2. The van der Waals surface area contributed by atoms with E-state index < -0.39 is 4.92 Å². The molecule has 27 heavy (non-hydrogen) atoms. The van der Waals surface area contributed by atoms with Gasteiger partial charge in [0, 0.05) is 13.1 Å². The quantitative estimate of drug-likeness (QED) is 0.464. The highest BCUT2D eigenvalue weighted by Gasteiger charge is 2.22. The summed E-state index contributed by atoms with van der Waals surface area (Å²) in [5, 5.41) is 17.6. The molecule has 0 aliphatic heterocycles. The molecule has 8 heteroatoms. The van der Waals surface area contributed by atoms with Crippen molar-refractivity contribution in [2.45, 2.75) is 13.1 Å². The number of ether oxygens (including phenoxy) is 1. The minimum absolute atomic E-state index is 0.168. The maximum absolute atomic E-state index is 11.6. The Kier molecular flexibility index (Phi) is 5.78. The third-order valence-electron chi connectivity index (χ3n) is 3.93. The lowest BCUT2D eigenvalue weighted by Crippen LogP contribution is -2.10. The van der Waals surface area contributed by atoms with Crippen molar-refractivity contribution in [2.75, 3.05) is 17.7 Å². The first kappa shape index (κ1) is 18.1. The summed E-state index contributed by atoms with van der Waals surface area (Å²) in [6.07, 6.45) is 1.30. The molecule has 0 spiro atoms. The average molecular weight is 365 g/mol. The normalized spacial score (nSPS) is 10.3. The molecule has 2 aromatic carbocycles. The van der Waals surface area contributed by atoms with E-state index in [2.05, 4.69) is 20.6 Å². The fourth-order valence-corrected chi connectivity index (χ4v) is 2.52. The highest BCUT2D eigenvalue weighted by Crippen LogP contribution is 2.29. The molecule has 0 bridgehead atoms. The molecule has 3 rings (SSSR count). The van der Waals surface area contributed by atoms with Gasteiger partial charge in [-0.05, 0) is 23.3 Å². The summed E-state index contributed by atoms with van der Waals surface area (Å²) in [5.41, 5.74) is 1.77. The topological polar surface area (TPSA) is 102 Å². The number of nitrogens with zero attached hydrogens (tertiary/aromatic N) is 3. The van der Waals surface area contributed by atoms with Crippen molar-refractivity contribution in [1.82, 2.24) is 9.97 Å². The smallest absolute Gasteiger partial charge is 0.353 e. The number of anilines is 2. The molecule has 0 saturated carbocycles. The van der Waals surface area contributed by atoms with Crippen LogP contribution in [0.1, 0.15) is 11.1 Å². The Hall–Kier alpha value is -3.68. The first-order valence-corrected chi connectivity index (χ1v) is 8.31. The van der Waals surface area contributed by atoms with Crippen LogP contribution in [0.4, 0.5) is 17.3 Å². The van der Waals surface area contributed by atoms with E-state index in [4.69, 9.17) is 4.74 Å². The van der Waals surface area contributed by atoms with E-state index in [-0.39, 0.29) is 17.3 Å². The number of benzene rings is 2. The molecule has 0 radical (unpaired) electrons. The molecule has 2 N–H and O–H groups in total. The van der Waals surface area contributed by atoms with Crippen molar-refractivity contribution in [3.8, 4) is 5.75 Å². The Labute approximate surface area is 156 Å². The van der Waals surface area contributed by atoms with Gasteiger partial charge in [-0.25, -0.2) is 9.97 Å². The van der Waals surface area contributed by atoms with Gasteiger partial charge in [-0.3, -0.25) is 10.1 Å². The van der Waals surface area contributed by atoms with E-state index in [1.807, 2.05) is 54.6 Å². The lowest BCUT2D eigenvalue weighted by Gasteiger charge is -2.10. The first-order valence-electron chi connectivity index (χ1n) is 8.31. The van der Waals surface area contributed by atoms with Crippen LogP contribution >= 0.6 is 0 Å². The molecule has 0 aliphatic rings. The number of methoxy groups -OCH3 is 1. The number of nitrogens with one attached hydrogen (secondary N) is 2. The number of hydrogen-bond donors (Lipinski definition) is 2. The van der Waals surface area contributed by atoms with Crippen LogP contribution in [0.15, 0.2) is 60.9 Å². The number of rotatable bonds is 8. The molecule has 0 unspecified atom stereocenters. The van der Waals surface area contributed by atoms with Gasteiger partial charge in [0.05, 0.1) is 12.0 Å². The van der Waals surface area contributed by atoms with Crippen molar-refractivity contribution in [3.63, 3.8) is 0 Å². The SMILES string of the molecule is COc1ccc(CNc2ncnc(NCc3ccccc3)c2[N+](=O)[O-])cc1. The van der Waals surface area contributed by atoms with Gasteiger partial charge < -0.3 is 15.4 Å². The van der Waals surface area contributed by atoms with Crippen LogP contribution in [0.5, 0.6) is 5.75 Å². The van der Waals surface area contributed by atoms with E-state index >= 15 is 0 Å². The van der Waals surface area contributed by atoms with Gasteiger partial charge in [-0.15, -0.1) is 0 Å². The molecule has 138 valence electrons. The second kappa shape index (κ2) is 8.61. The maximum Gasteiger partial charge on any atom is 0.353 e. The first-order chi connectivity index (χ1) is 13.2. The molecule has 0 atom stereocenters. The molecular formula is C19H19N5O3. The van der Waals surface area contributed by atoms with Gasteiger partial charge in [-0.1, -0.05) is 42.5 Å². The van der Waals surface area contributed by atoms with Crippen LogP contribution in [0, 0.1) is 10.1 Å². The van der Waals surface area contributed by atoms with Crippen molar-refractivity contribution in [2.24, 2.45) is 0 Å². The average Bonchev–Trinajstić information content (AvgIpc) is 2.71. The summed E-state index contributed by atoms with van der Waals surface area (Å²) in [6, 6.07) is 17.0. The van der Waals surface area contributed by atoms with Crippen LogP contribution in [-0.2, 0) is 13.1 Å². The zero-order valence-corrected chi connectivity index (χ0v) is 14.8. The summed E-state index contributed by atoms with van der Waals surface area (Å²) in [5.74, 6) is 1.09. The second-order valence-electron chi connectivity index (χ2n) is 5.72. The molecule has 3 aromatic rings. The van der Waals surface area contributed by atoms with E-state index in [0.717, 1.165) is 16.9 Å². The third kappa shape index (κ3) is 4.69. The zero-order valence-electron chi connectivity index (χ0n) is 14.8. The number of hydrogen-bond acceptors (Lipinski definition) is 7. The van der Waals surface area contributed by atoms with E-state index in [1.165, 1.54) is 6.33 Å². The van der Waals surface area contributed by atoms with Crippen LogP contribution in [0.3, 0.4) is 0 Å². The van der Waals surface area contributed by atoms with E-state index in [0.29, 0.717) is 13.1 Å². The van der Waals surface area contributed by atoms with Crippen LogP contribution in [0.25, 0.3) is 0 Å². The Balaban J connectivity index is 1.75. The van der Waals surface area contributed by atoms with Gasteiger partial charge in [0.25, 0.3) is 0 Å². The lowest BCUT2D eigenvalue weighted by atomic mass is 10.2. The second-order valence-corrected chi connectivity index (χ2v) is 5.72. The molecule has 1 aromatic heterocycles. The van der Waals surface area contributed by atoms with E-state index in [1.54, 1.807) is 7.11 Å². The molecule has 0 saturated heterocycles. The Morgan fingerprint density at radius 2 is 1.48 bits per heavy atom. The molecule has 8 nitrogen and oxygen atoms in total. The van der Waals surface area contributed by atoms with Gasteiger partial charge in [0.1, 0.15) is 12.1 Å². The van der Waals surface area contributed by atoms with Crippen molar-refractivity contribution >= 4 is 17.3 Å². The molecule has 0 fully saturated rings. The minimum atomic E-state index is -0.482. The van der Waals surface area contributed by atoms with Crippen LogP contribution < -0.4 is 15.4 Å². The Bertz CT molecular complexity index is 901. The maximum atomic E-state index is 11.6. The highest BCUT2D eigenvalue weighted by molar-refractivity contribution is 5.69. The summed E-state index contributed by atoms with van der Waals surface area (Å²) < 4.78 is 5.12. The standard InChI is InChI=1S/C19H19N5O3/c1-27-16-9-7-15(8-10-16)12-21-19-17(24(25)26)18(22-13-23-19)20-11-14-5-3-2-4-6-14/h2-10,13H,11-12H2,1H3,(H2,20,21,22,23). The zero-order chi connectivity index (χ0) is 19.1. The lowest BCUT2D eigenvalue weighted by molar-refractivity contribution is -0.383. The third-order valence-corrected chi connectivity index (χ3v) is 3.93. The largest absolute Gasteiger partial charge is 0.497 e. The van der Waals surface area contributed by atoms with Crippen molar-refractivity contribution in [3.05, 3.63) is 82.2 Å². The number of aromatic nitrogens is 2. The van der Waals surface area contributed by atoms with Gasteiger partial charge in [0.15, 0.2) is 0 Å². The Morgan fingerprint density at radius 1 is 0.926 bits per heavy atom. The molecule has 0 aliphatic carbocycles. The van der Waals surface area contributed by atoms with Gasteiger partial charge in [-0.2, -0.15) is 0 Å². The van der Waals surface area contributed by atoms with Crippen molar-refractivity contribution in [1.29, 1.82) is 0 Å². The summed E-state index contributed by atoms with van der Waals surface area (Å²) in [7, 11) is 1.60. The fourth-order valence-electron chi connectivity index (χ4n) is 2.52. The summed E-state index contributed by atoms with van der Waals surface area (Å²) >= 11 is 0. The minimum Gasteiger partial charge on any atom is -0.497 e. The fraction of sp³-hybridized carbons (Fsp3) is 0.158. The molecular weight excluding hydrogens is 346 g/mol. The number of nitro groups is 1. The monoisotopic (exact) mass is 365 g/mol. The highest BCUT2D eigenvalue weighted by atomic mass is 16.6.